The van der Waals surface area contributed by atoms with Gasteiger partial charge >= 0.3 is 0 Å². The molecule has 0 radical (unpaired) electrons. The molecule has 0 heterocycles. The Morgan fingerprint density at radius 3 is 2.38 bits per heavy atom. The van der Waals surface area contributed by atoms with E-state index in [1.54, 1.807) is 18.2 Å². The van der Waals surface area contributed by atoms with Crippen LogP contribution in [0.3, 0.4) is 0 Å². The number of hydrazine groups is 1. The molecular formula is C20H22N2O4. The van der Waals surface area contributed by atoms with Gasteiger partial charge in [-0.15, -0.1) is 0 Å². The van der Waals surface area contributed by atoms with Crippen molar-refractivity contribution in [3.05, 3.63) is 59.2 Å². The first-order valence-corrected chi connectivity index (χ1v) is 8.53. The summed E-state index contributed by atoms with van der Waals surface area (Å²) in [5.41, 5.74) is 7.60. The second-order valence-corrected chi connectivity index (χ2v) is 6.19. The molecule has 3 rings (SSSR count). The van der Waals surface area contributed by atoms with Crippen LogP contribution in [0.5, 0.6) is 11.5 Å². The fourth-order valence-corrected chi connectivity index (χ4v) is 3.24. The van der Waals surface area contributed by atoms with Gasteiger partial charge in [0.05, 0.1) is 20.1 Å². The van der Waals surface area contributed by atoms with Gasteiger partial charge in [-0.3, -0.25) is 20.4 Å². The van der Waals surface area contributed by atoms with Crippen molar-refractivity contribution in [2.45, 2.75) is 25.2 Å². The Hall–Kier alpha value is -3.02. The third-order valence-electron chi connectivity index (χ3n) is 4.60. The van der Waals surface area contributed by atoms with Gasteiger partial charge in [-0.2, -0.15) is 0 Å². The average Bonchev–Trinajstić information content (AvgIpc) is 2.70. The quantitative estimate of drug-likeness (QED) is 0.828. The molecule has 0 bridgehead atoms. The molecule has 2 aromatic rings. The lowest BCUT2D eigenvalue weighted by molar-refractivity contribution is -0.123. The second kappa shape index (κ2) is 7.91. The molecule has 26 heavy (non-hydrogen) atoms. The fraction of sp³-hybridized carbons (Fsp3) is 0.300. The van der Waals surface area contributed by atoms with Crippen molar-refractivity contribution in [2.24, 2.45) is 0 Å². The van der Waals surface area contributed by atoms with Crippen LogP contribution < -0.4 is 20.3 Å². The molecule has 2 aromatic carbocycles. The van der Waals surface area contributed by atoms with Crippen LogP contribution in [0.1, 0.15) is 40.2 Å². The summed E-state index contributed by atoms with van der Waals surface area (Å²) < 4.78 is 10.3. The van der Waals surface area contributed by atoms with E-state index in [1.165, 1.54) is 19.8 Å². The maximum atomic E-state index is 12.6. The number of ether oxygens (including phenoxy) is 2. The molecule has 1 atom stereocenters. The first-order chi connectivity index (χ1) is 12.6. The second-order valence-electron chi connectivity index (χ2n) is 6.19. The Balaban J connectivity index is 1.68. The Bertz CT molecular complexity index is 797. The summed E-state index contributed by atoms with van der Waals surface area (Å²) in [4.78, 5) is 24.9. The van der Waals surface area contributed by atoms with Crippen LogP contribution in [-0.2, 0) is 11.2 Å². The largest absolute Gasteiger partial charge is 0.497 e. The minimum atomic E-state index is -0.431. The Morgan fingerprint density at radius 2 is 1.69 bits per heavy atom. The smallest absolute Gasteiger partial charge is 0.269 e. The van der Waals surface area contributed by atoms with Gasteiger partial charge in [-0.25, -0.2) is 0 Å². The first kappa shape index (κ1) is 17.8. The molecular weight excluding hydrogens is 332 g/mol. The topological polar surface area (TPSA) is 76.7 Å². The highest BCUT2D eigenvalue weighted by Gasteiger charge is 2.26. The predicted molar refractivity (Wildman–Crippen MR) is 97.3 cm³/mol. The summed E-state index contributed by atoms with van der Waals surface area (Å²) in [6, 6.07) is 12.8. The van der Waals surface area contributed by atoms with Crippen LogP contribution >= 0.6 is 0 Å². The molecule has 0 saturated heterocycles. The van der Waals surface area contributed by atoms with Crippen molar-refractivity contribution in [3.8, 4) is 11.5 Å². The summed E-state index contributed by atoms with van der Waals surface area (Å²) in [7, 11) is 3.03. The van der Waals surface area contributed by atoms with Gasteiger partial charge in [0.15, 0.2) is 0 Å². The fourth-order valence-electron chi connectivity index (χ4n) is 3.24. The monoisotopic (exact) mass is 354 g/mol. The van der Waals surface area contributed by atoms with Crippen LogP contribution in [0.25, 0.3) is 0 Å². The number of nitrogens with one attached hydrogen (secondary N) is 2. The summed E-state index contributed by atoms with van der Waals surface area (Å²) in [6.45, 7) is 0. The predicted octanol–water partition coefficient (Wildman–Crippen LogP) is 2.58. The lowest BCUT2D eigenvalue weighted by atomic mass is 9.82. The lowest BCUT2D eigenvalue weighted by Crippen LogP contribution is -2.44. The van der Waals surface area contributed by atoms with Gasteiger partial charge in [0.2, 0.25) is 5.91 Å². The van der Waals surface area contributed by atoms with Gasteiger partial charge < -0.3 is 9.47 Å². The third-order valence-corrected chi connectivity index (χ3v) is 4.60. The van der Waals surface area contributed by atoms with E-state index in [1.807, 2.05) is 18.2 Å². The van der Waals surface area contributed by atoms with E-state index in [4.69, 9.17) is 9.47 Å². The highest BCUT2D eigenvalue weighted by molar-refractivity contribution is 5.96. The van der Waals surface area contributed by atoms with Gasteiger partial charge in [0.25, 0.3) is 5.91 Å². The summed E-state index contributed by atoms with van der Waals surface area (Å²) in [5.74, 6) is 0.115. The minimum Gasteiger partial charge on any atom is -0.497 e. The molecule has 6 nitrogen and oxygen atoms in total. The molecule has 1 aliphatic carbocycles. The molecule has 0 aliphatic heterocycles. The summed E-state index contributed by atoms with van der Waals surface area (Å²) >= 11 is 0. The number of fused-ring (bicyclic) bond motifs is 1. The van der Waals surface area contributed by atoms with Gasteiger partial charge in [0.1, 0.15) is 11.5 Å². The molecule has 1 aliphatic rings. The van der Waals surface area contributed by atoms with E-state index in [0.717, 1.165) is 24.8 Å². The highest BCUT2D eigenvalue weighted by Crippen LogP contribution is 2.31. The number of benzene rings is 2. The van der Waals surface area contributed by atoms with E-state index >= 15 is 0 Å². The van der Waals surface area contributed by atoms with E-state index in [0.29, 0.717) is 17.1 Å². The van der Waals surface area contributed by atoms with Crippen LogP contribution in [-0.4, -0.2) is 26.0 Å². The van der Waals surface area contributed by atoms with Crippen LogP contribution in [0.4, 0.5) is 0 Å². The molecule has 136 valence electrons. The number of hydrogen-bond donors (Lipinski definition) is 2. The number of amides is 2. The molecule has 0 unspecified atom stereocenters. The van der Waals surface area contributed by atoms with Crippen molar-refractivity contribution >= 4 is 11.8 Å². The Labute approximate surface area is 152 Å². The Kier molecular flexibility index (Phi) is 5.41. The molecule has 0 saturated carbocycles. The number of methoxy groups -OCH3 is 2. The molecule has 0 spiro atoms. The lowest BCUT2D eigenvalue weighted by Gasteiger charge is -2.24. The number of hydrogen-bond acceptors (Lipinski definition) is 4. The number of carbonyl (C=O) groups excluding carboxylic acids is 2. The number of carbonyl (C=O) groups is 2. The average molecular weight is 354 g/mol. The van der Waals surface area contributed by atoms with Crippen LogP contribution in [0.2, 0.25) is 0 Å². The zero-order valence-corrected chi connectivity index (χ0v) is 14.9. The standard InChI is InChI=1S/C20H22N2O4/c1-25-15-10-14(11-16(12-15)26-2)19(23)21-22-20(24)18-9-5-7-13-6-3-4-8-17(13)18/h3-4,6,8,10-12,18H,5,7,9H2,1-2H3,(H,21,23)(H,22,24)/t18-/m0/s1. The zero-order chi connectivity index (χ0) is 18.5. The van der Waals surface area contributed by atoms with Crippen molar-refractivity contribution < 1.29 is 19.1 Å². The number of rotatable bonds is 4. The van der Waals surface area contributed by atoms with E-state index < -0.39 is 5.91 Å². The van der Waals surface area contributed by atoms with Crippen LogP contribution in [0.15, 0.2) is 42.5 Å². The Morgan fingerprint density at radius 1 is 1.00 bits per heavy atom. The molecule has 2 N–H and O–H groups in total. The van der Waals surface area contributed by atoms with Gasteiger partial charge in [-0.05, 0) is 42.5 Å². The molecule has 6 heteroatoms. The molecule has 2 amide bonds. The highest BCUT2D eigenvalue weighted by atomic mass is 16.5. The van der Waals surface area contributed by atoms with Crippen molar-refractivity contribution in [1.29, 1.82) is 0 Å². The van der Waals surface area contributed by atoms with Crippen LogP contribution in [0, 0.1) is 0 Å². The SMILES string of the molecule is COc1cc(OC)cc(C(=O)NNC(=O)[C@H]2CCCc3ccccc32)c1. The first-order valence-electron chi connectivity index (χ1n) is 8.53. The zero-order valence-electron chi connectivity index (χ0n) is 14.9. The number of aryl methyl sites for hydroxylation is 1. The van der Waals surface area contributed by atoms with Crippen molar-refractivity contribution in [3.63, 3.8) is 0 Å². The third kappa shape index (κ3) is 3.79. The van der Waals surface area contributed by atoms with E-state index in [9.17, 15) is 9.59 Å². The maximum absolute atomic E-state index is 12.6. The molecule has 0 aromatic heterocycles. The van der Waals surface area contributed by atoms with E-state index in [-0.39, 0.29) is 11.8 Å². The summed E-state index contributed by atoms with van der Waals surface area (Å²) in [6.07, 6.45) is 2.71. The van der Waals surface area contributed by atoms with Gasteiger partial charge in [0, 0.05) is 11.6 Å². The normalized spacial score (nSPS) is 15.5. The van der Waals surface area contributed by atoms with Gasteiger partial charge in [-0.1, -0.05) is 24.3 Å². The maximum Gasteiger partial charge on any atom is 0.269 e. The molecule has 0 fully saturated rings. The van der Waals surface area contributed by atoms with Crippen molar-refractivity contribution in [1.82, 2.24) is 10.9 Å². The van der Waals surface area contributed by atoms with E-state index in [2.05, 4.69) is 16.9 Å². The summed E-state index contributed by atoms with van der Waals surface area (Å²) in [5, 5.41) is 0. The minimum absolute atomic E-state index is 0.208. The van der Waals surface area contributed by atoms with Crippen molar-refractivity contribution in [2.75, 3.05) is 14.2 Å².